The third-order valence-electron chi connectivity index (χ3n) is 5.31. The molecular formula is C21H23B2ClN2. The minimum atomic E-state index is 0.605. The summed E-state index contributed by atoms with van der Waals surface area (Å²) in [5.41, 5.74) is 6.81. The van der Waals surface area contributed by atoms with Gasteiger partial charge >= 0.3 is 161 Å². The standard InChI is InChI=1S/C21H23B2ClN2/c1-4-6-13(2)12-26-20-18(24)15-8-10-22-14(3)11-17(15)25-19(20)16-7-5-9-23-21(16)26/h5,7-10,13H,4,6,11-12H2,1-3H3. The van der Waals surface area contributed by atoms with E-state index in [1.165, 1.54) is 29.1 Å². The summed E-state index contributed by atoms with van der Waals surface area (Å²) in [5.74, 6) is 4.80. The van der Waals surface area contributed by atoms with Crippen molar-refractivity contribution in [2.24, 2.45) is 5.92 Å². The molecule has 3 aromatic rings. The first-order valence-electron chi connectivity index (χ1n) is 9.53. The van der Waals surface area contributed by atoms with E-state index in [2.05, 4.69) is 69.3 Å². The zero-order valence-corrected chi connectivity index (χ0v) is 16.5. The van der Waals surface area contributed by atoms with Gasteiger partial charge in [-0.15, -0.1) is 0 Å². The molecule has 5 heteroatoms. The van der Waals surface area contributed by atoms with E-state index in [4.69, 9.17) is 16.6 Å². The van der Waals surface area contributed by atoms with Crippen molar-refractivity contribution in [3.8, 4) is 0 Å². The minimum absolute atomic E-state index is 0.605. The second-order valence-corrected chi connectivity index (χ2v) is 7.93. The van der Waals surface area contributed by atoms with E-state index in [0.717, 1.165) is 40.3 Å². The van der Waals surface area contributed by atoms with Crippen LogP contribution in [-0.4, -0.2) is 28.8 Å². The van der Waals surface area contributed by atoms with Gasteiger partial charge in [-0.3, -0.25) is 0 Å². The average molecular weight is 361 g/mol. The van der Waals surface area contributed by atoms with Crippen LogP contribution < -0.4 is 0 Å². The van der Waals surface area contributed by atoms with Gasteiger partial charge in [0.25, 0.3) is 0 Å². The topological polar surface area (TPSA) is 17.8 Å². The van der Waals surface area contributed by atoms with E-state index in [1.54, 1.807) is 0 Å². The number of nitrogens with zero attached hydrogens (tertiary/aromatic N) is 2. The zero-order valence-electron chi connectivity index (χ0n) is 15.7. The van der Waals surface area contributed by atoms with Crippen LogP contribution in [0, 0.1) is 5.92 Å². The van der Waals surface area contributed by atoms with Crippen LogP contribution in [0.4, 0.5) is 0 Å². The van der Waals surface area contributed by atoms with Gasteiger partial charge in [0, 0.05) is 0 Å². The second kappa shape index (κ2) is 7.15. The zero-order chi connectivity index (χ0) is 18.3. The average Bonchev–Trinajstić information content (AvgIpc) is 2.78. The van der Waals surface area contributed by atoms with E-state index in [9.17, 15) is 0 Å². The Morgan fingerprint density at radius 3 is 3.04 bits per heavy atom. The van der Waals surface area contributed by atoms with Gasteiger partial charge in [0.1, 0.15) is 0 Å². The number of fused-ring (bicyclic) bond motifs is 4. The van der Waals surface area contributed by atoms with Crippen LogP contribution in [0.15, 0.2) is 24.1 Å². The predicted molar refractivity (Wildman–Crippen MR) is 117 cm³/mol. The van der Waals surface area contributed by atoms with Crippen molar-refractivity contribution in [3.05, 3.63) is 40.3 Å². The van der Waals surface area contributed by atoms with Gasteiger partial charge in [0.2, 0.25) is 0 Å². The van der Waals surface area contributed by atoms with Gasteiger partial charge in [-0.1, -0.05) is 0 Å². The Bertz CT molecular complexity index is 1050. The van der Waals surface area contributed by atoms with E-state index >= 15 is 0 Å². The van der Waals surface area contributed by atoms with Crippen molar-refractivity contribution in [2.75, 3.05) is 0 Å². The molecule has 1 atom stereocenters. The summed E-state index contributed by atoms with van der Waals surface area (Å²) >= 11 is 6.98. The summed E-state index contributed by atoms with van der Waals surface area (Å²) in [7, 11) is 0. The van der Waals surface area contributed by atoms with Gasteiger partial charge in [-0.2, -0.15) is 0 Å². The van der Waals surface area contributed by atoms with Crippen LogP contribution in [0.25, 0.3) is 27.9 Å². The Morgan fingerprint density at radius 1 is 1.38 bits per heavy atom. The van der Waals surface area contributed by atoms with Crippen LogP contribution in [0.1, 0.15) is 44.9 Å². The predicted octanol–water partition coefficient (Wildman–Crippen LogP) is 5.04. The monoisotopic (exact) mass is 360 g/mol. The molecular weight excluding hydrogens is 337 g/mol. The molecule has 0 bridgehead atoms. The Hall–Kier alpha value is -1.67. The second-order valence-electron chi connectivity index (χ2n) is 7.55. The summed E-state index contributed by atoms with van der Waals surface area (Å²) in [6.45, 7) is 12.0. The summed E-state index contributed by atoms with van der Waals surface area (Å²) in [4.78, 5) is 5.09. The fraction of sp³-hybridized carbons (Fsp3) is 0.381. The molecule has 0 saturated heterocycles. The molecule has 0 N–H and O–H groups in total. The molecule has 0 aromatic carbocycles. The van der Waals surface area contributed by atoms with Gasteiger partial charge in [-0.05, 0) is 0 Å². The first kappa shape index (κ1) is 17.7. The van der Waals surface area contributed by atoms with Gasteiger partial charge in [-0.25, -0.2) is 0 Å². The first-order valence-corrected chi connectivity index (χ1v) is 9.91. The molecule has 1 unspecified atom stereocenters. The van der Waals surface area contributed by atoms with Crippen molar-refractivity contribution in [2.45, 2.75) is 46.6 Å². The molecule has 0 fully saturated rings. The Morgan fingerprint density at radius 2 is 2.23 bits per heavy atom. The third-order valence-corrected chi connectivity index (χ3v) is 5.69. The summed E-state index contributed by atoms with van der Waals surface area (Å²) < 4.78 is 2.39. The molecule has 26 heavy (non-hydrogen) atoms. The van der Waals surface area contributed by atoms with Crippen LogP contribution in [-0.2, 0) is 13.0 Å². The summed E-state index contributed by atoms with van der Waals surface area (Å²) in [5, 5.41) is 2.04. The molecule has 130 valence electrons. The van der Waals surface area contributed by atoms with Crippen molar-refractivity contribution in [1.29, 1.82) is 0 Å². The molecule has 3 aromatic heterocycles. The molecule has 0 spiro atoms. The quantitative estimate of drug-likeness (QED) is 0.596. The van der Waals surface area contributed by atoms with Crippen molar-refractivity contribution in [1.82, 2.24) is 9.55 Å². The maximum absolute atomic E-state index is 6.98. The van der Waals surface area contributed by atoms with Gasteiger partial charge in [0.15, 0.2) is 0 Å². The van der Waals surface area contributed by atoms with Crippen molar-refractivity contribution < 1.29 is 0 Å². The van der Waals surface area contributed by atoms with Crippen LogP contribution in [0.3, 0.4) is 0 Å². The van der Waals surface area contributed by atoms with Gasteiger partial charge < -0.3 is 0 Å². The van der Waals surface area contributed by atoms with E-state index in [-0.39, 0.29) is 0 Å². The first-order chi connectivity index (χ1) is 12.6. The number of hydrogen-bond acceptors (Lipinski definition) is 1. The van der Waals surface area contributed by atoms with E-state index in [0.29, 0.717) is 5.92 Å². The normalized spacial score (nSPS) is 14.7. The maximum atomic E-state index is 6.98. The number of pyridine rings is 1. The van der Waals surface area contributed by atoms with Crippen LogP contribution >= 0.6 is 11.6 Å². The Labute approximate surface area is 161 Å². The molecule has 0 radical (unpaired) electrons. The van der Waals surface area contributed by atoms with Crippen LogP contribution in [0.2, 0.25) is 5.02 Å². The summed E-state index contributed by atoms with van der Waals surface area (Å²) in [6.07, 6.45) is 5.38. The molecule has 2 nitrogen and oxygen atoms in total. The number of rotatable bonds is 4. The number of hydrogen-bond donors (Lipinski definition) is 0. The van der Waals surface area contributed by atoms with E-state index < -0.39 is 0 Å². The molecule has 1 aliphatic heterocycles. The number of aromatic nitrogens is 2. The van der Waals surface area contributed by atoms with Gasteiger partial charge in [0.05, 0.1) is 0 Å². The van der Waals surface area contributed by atoms with Crippen molar-refractivity contribution in [3.63, 3.8) is 0 Å². The molecule has 0 aliphatic carbocycles. The molecule has 0 amide bonds. The third kappa shape index (κ3) is 2.99. The molecule has 4 heterocycles. The SMILES string of the molecule is CCCC(C)Cn1c2bcccc2c2nc3c(c(Cl)c21)C=CB=C(C)C3. The Balaban J connectivity index is 2.02. The van der Waals surface area contributed by atoms with E-state index in [1.807, 2.05) is 0 Å². The molecule has 4 rings (SSSR count). The fourth-order valence-electron chi connectivity index (χ4n) is 4.09. The summed E-state index contributed by atoms with van der Waals surface area (Å²) in [6, 6.07) is 4.26. The molecule has 0 saturated carbocycles. The fourth-order valence-corrected chi connectivity index (χ4v) is 4.45. The van der Waals surface area contributed by atoms with Crippen LogP contribution in [0.5, 0.6) is 0 Å². The van der Waals surface area contributed by atoms with Crippen molar-refractivity contribution >= 4 is 58.8 Å². The molecule has 1 aliphatic rings. The Kier molecular flexibility index (Phi) is 4.88. The number of halogens is 1.